The maximum absolute atomic E-state index is 13.6. The lowest BCUT2D eigenvalue weighted by Gasteiger charge is -2.07. The summed E-state index contributed by atoms with van der Waals surface area (Å²) >= 11 is 0. The van der Waals surface area contributed by atoms with Crippen LogP contribution in [-0.4, -0.2) is 29.3 Å². The Bertz CT molecular complexity index is 515. The molecule has 0 aliphatic rings. The third-order valence-electron chi connectivity index (χ3n) is 2.66. The van der Waals surface area contributed by atoms with Crippen LogP contribution in [-0.2, 0) is 6.54 Å². The summed E-state index contributed by atoms with van der Waals surface area (Å²) in [6.45, 7) is 2.26. The summed E-state index contributed by atoms with van der Waals surface area (Å²) in [6.07, 6.45) is 0. The molecule has 0 spiro atoms. The third kappa shape index (κ3) is 2.58. The number of nitrogens with zero attached hydrogens (tertiary/aromatic N) is 3. The lowest BCUT2D eigenvalue weighted by molar-refractivity contribution is 0.611. The monoisotopic (exact) mass is 249 g/mol. The highest BCUT2D eigenvalue weighted by Gasteiger charge is 2.07. The molecule has 6 heteroatoms. The Labute approximate surface area is 105 Å². The van der Waals surface area contributed by atoms with Crippen LogP contribution in [0.15, 0.2) is 18.2 Å². The second kappa shape index (κ2) is 5.03. The fourth-order valence-corrected chi connectivity index (χ4v) is 1.59. The van der Waals surface area contributed by atoms with Crippen molar-refractivity contribution in [3.05, 3.63) is 35.1 Å². The molecule has 18 heavy (non-hydrogen) atoms. The van der Waals surface area contributed by atoms with Crippen molar-refractivity contribution in [2.45, 2.75) is 13.5 Å². The molecule has 96 valence electrons. The Balaban J connectivity index is 2.07. The van der Waals surface area contributed by atoms with Gasteiger partial charge in [-0.05, 0) is 18.6 Å². The number of aryl methyl sites for hydroxylation is 1. The van der Waals surface area contributed by atoms with E-state index in [1.165, 1.54) is 6.07 Å². The number of hydrogen-bond donors (Lipinski definition) is 2. The maximum Gasteiger partial charge on any atom is 0.245 e. The van der Waals surface area contributed by atoms with Gasteiger partial charge in [-0.3, -0.25) is 0 Å². The average Bonchev–Trinajstić information content (AvgIpc) is 2.77. The summed E-state index contributed by atoms with van der Waals surface area (Å²) in [6, 6.07) is 5.04. The van der Waals surface area contributed by atoms with E-state index in [4.69, 9.17) is 0 Å². The lowest BCUT2D eigenvalue weighted by Crippen LogP contribution is -2.10. The molecule has 0 atom stereocenters. The highest BCUT2D eigenvalue weighted by Crippen LogP contribution is 2.14. The van der Waals surface area contributed by atoms with E-state index < -0.39 is 0 Å². The molecule has 2 aromatic rings. The van der Waals surface area contributed by atoms with Crippen LogP contribution >= 0.6 is 0 Å². The van der Waals surface area contributed by atoms with Crippen LogP contribution in [0.3, 0.4) is 0 Å². The van der Waals surface area contributed by atoms with Gasteiger partial charge in [0.05, 0.1) is 0 Å². The zero-order chi connectivity index (χ0) is 13.1. The molecule has 1 aromatic carbocycles. The minimum absolute atomic E-state index is 0.213. The van der Waals surface area contributed by atoms with Crippen molar-refractivity contribution in [1.29, 1.82) is 0 Å². The number of halogens is 1. The van der Waals surface area contributed by atoms with Gasteiger partial charge in [0.2, 0.25) is 11.9 Å². The molecule has 0 unspecified atom stereocenters. The average molecular weight is 249 g/mol. The Kier molecular flexibility index (Phi) is 3.45. The second-order valence-electron chi connectivity index (χ2n) is 4.27. The molecule has 0 fully saturated rings. The van der Waals surface area contributed by atoms with Gasteiger partial charge in [-0.15, -0.1) is 5.10 Å². The smallest absolute Gasteiger partial charge is 0.245 e. The van der Waals surface area contributed by atoms with Gasteiger partial charge in [-0.1, -0.05) is 12.1 Å². The molecule has 0 saturated heterocycles. The van der Waals surface area contributed by atoms with E-state index in [1.807, 2.05) is 27.1 Å². The Hall–Kier alpha value is -2.11. The molecule has 0 bridgehead atoms. The molecule has 0 saturated carbocycles. The number of aromatic nitrogens is 3. The minimum Gasteiger partial charge on any atom is -0.350 e. The van der Waals surface area contributed by atoms with E-state index in [2.05, 4.69) is 20.5 Å². The van der Waals surface area contributed by atoms with Crippen molar-refractivity contribution in [3.8, 4) is 0 Å². The number of nitrogens with one attached hydrogen (secondary N) is 2. The molecule has 0 aliphatic heterocycles. The van der Waals surface area contributed by atoms with Crippen molar-refractivity contribution < 1.29 is 4.39 Å². The molecular formula is C12H16FN5. The summed E-state index contributed by atoms with van der Waals surface area (Å²) in [7, 11) is 3.71. The van der Waals surface area contributed by atoms with Crippen LogP contribution in [0.2, 0.25) is 0 Å². The van der Waals surface area contributed by atoms with Crippen LogP contribution in [0.4, 0.5) is 16.3 Å². The van der Waals surface area contributed by atoms with Gasteiger partial charge < -0.3 is 10.2 Å². The highest BCUT2D eigenvalue weighted by atomic mass is 19.1. The summed E-state index contributed by atoms with van der Waals surface area (Å²) in [5.74, 6) is 0.902. The van der Waals surface area contributed by atoms with Gasteiger partial charge >= 0.3 is 0 Å². The number of rotatable bonds is 4. The first-order valence-electron chi connectivity index (χ1n) is 5.65. The standard InChI is InChI=1S/C12H16FN5/c1-8-5-4-6-10(13)9(8)7-14-11-15-12(17-16-11)18(2)3/h4-6H,7H2,1-3H3,(H2,14,15,16,17). The maximum atomic E-state index is 13.6. The number of aromatic amines is 1. The molecule has 1 aromatic heterocycles. The zero-order valence-corrected chi connectivity index (χ0v) is 10.7. The molecule has 2 N–H and O–H groups in total. The third-order valence-corrected chi connectivity index (χ3v) is 2.66. The summed E-state index contributed by atoms with van der Waals surface area (Å²) in [5.41, 5.74) is 1.55. The predicted octanol–water partition coefficient (Wildman–Crippen LogP) is 1.93. The molecule has 0 aliphatic carbocycles. The molecule has 2 rings (SSSR count). The molecule has 0 amide bonds. The number of hydrogen-bond acceptors (Lipinski definition) is 4. The second-order valence-corrected chi connectivity index (χ2v) is 4.27. The van der Waals surface area contributed by atoms with Crippen LogP contribution in [0.25, 0.3) is 0 Å². The lowest BCUT2D eigenvalue weighted by atomic mass is 10.1. The van der Waals surface area contributed by atoms with E-state index >= 15 is 0 Å². The normalized spacial score (nSPS) is 10.4. The van der Waals surface area contributed by atoms with Crippen molar-refractivity contribution in [3.63, 3.8) is 0 Å². The first-order chi connectivity index (χ1) is 8.58. The fraction of sp³-hybridized carbons (Fsp3) is 0.333. The van der Waals surface area contributed by atoms with Crippen molar-refractivity contribution in [2.24, 2.45) is 0 Å². The van der Waals surface area contributed by atoms with E-state index in [0.717, 1.165) is 5.56 Å². The van der Waals surface area contributed by atoms with E-state index in [0.29, 0.717) is 24.0 Å². The van der Waals surface area contributed by atoms with E-state index in [-0.39, 0.29) is 5.82 Å². The Morgan fingerprint density at radius 3 is 2.78 bits per heavy atom. The number of H-pyrrole nitrogens is 1. The molecule has 1 heterocycles. The van der Waals surface area contributed by atoms with Crippen molar-refractivity contribution in [1.82, 2.24) is 15.2 Å². The van der Waals surface area contributed by atoms with E-state index in [9.17, 15) is 4.39 Å². The molecule has 5 nitrogen and oxygen atoms in total. The van der Waals surface area contributed by atoms with Gasteiger partial charge in [-0.25, -0.2) is 9.49 Å². The van der Waals surface area contributed by atoms with Gasteiger partial charge in [0, 0.05) is 26.2 Å². The Morgan fingerprint density at radius 2 is 2.17 bits per heavy atom. The largest absolute Gasteiger partial charge is 0.350 e. The molecule has 0 radical (unpaired) electrons. The van der Waals surface area contributed by atoms with Crippen LogP contribution in [0.5, 0.6) is 0 Å². The molecular weight excluding hydrogens is 233 g/mol. The Morgan fingerprint density at radius 1 is 1.39 bits per heavy atom. The summed E-state index contributed by atoms with van der Waals surface area (Å²) in [5, 5.41) is 9.79. The van der Waals surface area contributed by atoms with Crippen LogP contribution in [0, 0.1) is 12.7 Å². The van der Waals surface area contributed by atoms with Crippen LogP contribution in [0.1, 0.15) is 11.1 Å². The SMILES string of the molecule is Cc1cccc(F)c1CNc1nc(N(C)C)n[nH]1. The van der Waals surface area contributed by atoms with Gasteiger partial charge in [0.1, 0.15) is 5.82 Å². The summed E-state index contributed by atoms with van der Waals surface area (Å²) < 4.78 is 13.6. The first kappa shape index (κ1) is 12.3. The quantitative estimate of drug-likeness (QED) is 0.869. The fourth-order valence-electron chi connectivity index (χ4n) is 1.59. The summed E-state index contributed by atoms with van der Waals surface area (Å²) in [4.78, 5) is 6.00. The van der Waals surface area contributed by atoms with E-state index in [1.54, 1.807) is 11.0 Å². The van der Waals surface area contributed by atoms with Crippen molar-refractivity contribution in [2.75, 3.05) is 24.3 Å². The van der Waals surface area contributed by atoms with Gasteiger partial charge in [0.25, 0.3) is 0 Å². The first-order valence-corrected chi connectivity index (χ1v) is 5.65. The predicted molar refractivity (Wildman–Crippen MR) is 69.2 cm³/mol. The highest BCUT2D eigenvalue weighted by molar-refractivity contribution is 5.37. The van der Waals surface area contributed by atoms with Crippen LogP contribution < -0.4 is 10.2 Å². The van der Waals surface area contributed by atoms with Gasteiger partial charge in [-0.2, -0.15) is 4.98 Å². The zero-order valence-electron chi connectivity index (χ0n) is 10.7. The minimum atomic E-state index is -0.213. The number of benzene rings is 1. The topological polar surface area (TPSA) is 56.8 Å². The number of anilines is 2. The van der Waals surface area contributed by atoms with Crippen molar-refractivity contribution >= 4 is 11.9 Å². The van der Waals surface area contributed by atoms with Gasteiger partial charge in [0.15, 0.2) is 0 Å².